The lowest BCUT2D eigenvalue weighted by Crippen LogP contribution is -2.31. The third-order valence-corrected chi connectivity index (χ3v) is 4.33. The van der Waals surface area contributed by atoms with Crippen molar-refractivity contribution in [2.24, 2.45) is 4.99 Å². The Bertz CT molecular complexity index is 687. The van der Waals surface area contributed by atoms with E-state index in [0.29, 0.717) is 6.04 Å². The number of aliphatic imine (C=N–C) groups is 1. The maximum Gasteiger partial charge on any atom is 0.100 e. The molecule has 2 aliphatic rings. The van der Waals surface area contributed by atoms with Gasteiger partial charge in [0.25, 0.3) is 0 Å². The summed E-state index contributed by atoms with van der Waals surface area (Å²) in [6, 6.07) is 17.6. The summed E-state index contributed by atoms with van der Waals surface area (Å²) in [4.78, 5) is 7.23. The van der Waals surface area contributed by atoms with Gasteiger partial charge in [-0.15, -0.1) is 0 Å². The van der Waals surface area contributed by atoms with E-state index in [9.17, 15) is 0 Å². The van der Waals surface area contributed by atoms with Crippen molar-refractivity contribution >= 4 is 5.71 Å². The van der Waals surface area contributed by atoms with Crippen molar-refractivity contribution in [2.45, 2.75) is 19.1 Å². The lowest BCUT2D eigenvalue weighted by atomic mass is 9.81. The van der Waals surface area contributed by atoms with Crippen LogP contribution in [0, 0.1) is 0 Å². The number of hydrogen-bond donors (Lipinski definition) is 0. The van der Waals surface area contributed by atoms with Crippen molar-refractivity contribution in [2.75, 3.05) is 7.05 Å². The molecule has 2 aromatic rings. The fourth-order valence-corrected chi connectivity index (χ4v) is 3.28. The second kappa shape index (κ2) is 3.78. The van der Waals surface area contributed by atoms with Crippen molar-refractivity contribution in [3.8, 4) is 11.1 Å². The first kappa shape index (κ1) is 10.9. The number of rotatable bonds is 0. The van der Waals surface area contributed by atoms with Crippen LogP contribution in [0.5, 0.6) is 0 Å². The van der Waals surface area contributed by atoms with Gasteiger partial charge >= 0.3 is 0 Å². The lowest BCUT2D eigenvalue weighted by molar-refractivity contribution is 0.263. The molecule has 0 saturated heterocycles. The standard InChI is InChI=1S/C17H16N2/c1-11-18-16-14-9-5-3-7-12(14)13-8-4-6-10-15(13)17(16)19(11)2/h3-11,17H,1-2H3. The molecule has 1 aliphatic carbocycles. The Balaban J connectivity index is 2.07. The minimum atomic E-state index is 0.249. The van der Waals surface area contributed by atoms with E-state index in [1.54, 1.807) is 0 Å². The Morgan fingerprint density at radius 2 is 1.53 bits per heavy atom. The van der Waals surface area contributed by atoms with E-state index in [-0.39, 0.29) is 6.17 Å². The van der Waals surface area contributed by atoms with Crippen LogP contribution in [0.25, 0.3) is 11.1 Å². The topological polar surface area (TPSA) is 15.6 Å². The van der Waals surface area contributed by atoms with Gasteiger partial charge in [-0.05, 0) is 30.7 Å². The minimum Gasteiger partial charge on any atom is -0.272 e. The first-order valence-electron chi connectivity index (χ1n) is 6.75. The van der Waals surface area contributed by atoms with Crippen molar-refractivity contribution in [1.29, 1.82) is 0 Å². The molecule has 2 nitrogen and oxygen atoms in total. The largest absolute Gasteiger partial charge is 0.272 e. The maximum absolute atomic E-state index is 4.87. The normalized spacial score (nSPS) is 24.4. The molecular weight excluding hydrogens is 232 g/mol. The Hall–Kier alpha value is -1.93. The van der Waals surface area contributed by atoms with Gasteiger partial charge in [0.2, 0.25) is 0 Å². The molecule has 1 heterocycles. The first-order chi connectivity index (χ1) is 9.27. The van der Waals surface area contributed by atoms with Crippen LogP contribution in [0.4, 0.5) is 0 Å². The highest BCUT2D eigenvalue weighted by Crippen LogP contribution is 2.44. The third-order valence-electron chi connectivity index (χ3n) is 4.33. The zero-order valence-corrected chi connectivity index (χ0v) is 11.2. The van der Waals surface area contributed by atoms with Crippen molar-refractivity contribution in [3.63, 3.8) is 0 Å². The number of benzene rings is 2. The zero-order chi connectivity index (χ0) is 13.0. The van der Waals surface area contributed by atoms with Crippen LogP contribution in [0.15, 0.2) is 53.5 Å². The van der Waals surface area contributed by atoms with Gasteiger partial charge in [-0.3, -0.25) is 9.89 Å². The Kier molecular flexibility index (Phi) is 2.18. The van der Waals surface area contributed by atoms with Crippen LogP contribution in [0.3, 0.4) is 0 Å². The maximum atomic E-state index is 4.87. The van der Waals surface area contributed by atoms with Gasteiger partial charge in [-0.25, -0.2) is 0 Å². The summed E-state index contributed by atoms with van der Waals surface area (Å²) in [6.07, 6.45) is 0.249. The SMILES string of the molecule is CC1N=C2c3ccccc3-c3ccccc3C2N1C. The van der Waals surface area contributed by atoms with E-state index in [1.807, 2.05) is 0 Å². The van der Waals surface area contributed by atoms with E-state index in [0.717, 1.165) is 0 Å². The second-order valence-corrected chi connectivity index (χ2v) is 5.35. The molecule has 1 aliphatic heterocycles. The fourth-order valence-electron chi connectivity index (χ4n) is 3.28. The van der Waals surface area contributed by atoms with Crippen molar-refractivity contribution < 1.29 is 0 Å². The van der Waals surface area contributed by atoms with Crippen LogP contribution in [-0.2, 0) is 0 Å². The van der Waals surface area contributed by atoms with Gasteiger partial charge in [0.15, 0.2) is 0 Å². The van der Waals surface area contributed by atoms with Gasteiger partial charge in [-0.1, -0.05) is 48.5 Å². The molecule has 94 valence electrons. The highest BCUT2D eigenvalue weighted by Gasteiger charge is 2.38. The van der Waals surface area contributed by atoms with E-state index in [1.165, 1.54) is 28.0 Å². The summed E-state index contributed by atoms with van der Waals surface area (Å²) in [5.74, 6) is 0. The van der Waals surface area contributed by atoms with Gasteiger partial charge in [0.05, 0.1) is 11.8 Å². The molecule has 0 spiro atoms. The molecule has 2 aromatic carbocycles. The molecule has 2 unspecified atom stereocenters. The summed E-state index contributed by atoms with van der Waals surface area (Å²) in [6.45, 7) is 2.16. The number of hydrogen-bond acceptors (Lipinski definition) is 2. The summed E-state index contributed by atoms with van der Waals surface area (Å²) < 4.78 is 0. The molecule has 4 rings (SSSR count). The number of fused-ring (bicyclic) bond motifs is 6. The smallest absolute Gasteiger partial charge is 0.100 e. The van der Waals surface area contributed by atoms with Crippen LogP contribution >= 0.6 is 0 Å². The molecule has 0 radical (unpaired) electrons. The molecule has 19 heavy (non-hydrogen) atoms. The lowest BCUT2D eigenvalue weighted by Gasteiger charge is -2.30. The minimum absolute atomic E-state index is 0.249. The average Bonchev–Trinajstić information content (AvgIpc) is 2.76. The third kappa shape index (κ3) is 1.38. The quantitative estimate of drug-likeness (QED) is 0.697. The monoisotopic (exact) mass is 248 g/mol. The van der Waals surface area contributed by atoms with Crippen molar-refractivity contribution in [3.05, 3.63) is 59.7 Å². The van der Waals surface area contributed by atoms with E-state index < -0.39 is 0 Å². The van der Waals surface area contributed by atoms with Gasteiger partial charge < -0.3 is 0 Å². The van der Waals surface area contributed by atoms with Crippen LogP contribution in [0.2, 0.25) is 0 Å². The Morgan fingerprint density at radius 3 is 2.32 bits per heavy atom. The predicted molar refractivity (Wildman–Crippen MR) is 78.4 cm³/mol. The number of likely N-dealkylation sites (N-methyl/N-ethyl adjacent to an activating group) is 1. The van der Waals surface area contributed by atoms with Crippen LogP contribution in [-0.4, -0.2) is 23.8 Å². The second-order valence-electron chi connectivity index (χ2n) is 5.35. The summed E-state index contributed by atoms with van der Waals surface area (Å²) in [5.41, 5.74) is 6.57. The average molecular weight is 248 g/mol. The Morgan fingerprint density at radius 1 is 0.895 bits per heavy atom. The molecule has 0 saturated carbocycles. The fraction of sp³-hybridized carbons (Fsp3) is 0.235. The van der Waals surface area contributed by atoms with Crippen LogP contribution in [0.1, 0.15) is 24.1 Å². The van der Waals surface area contributed by atoms with Gasteiger partial charge in [0.1, 0.15) is 6.17 Å². The molecule has 0 aromatic heterocycles. The molecule has 0 amide bonds. The van der Waals surface area contributed by atoms with Crippen LogP contribution < -0.4 is 0 Å². The molecule has 2 atom stereocenters. The number of nitrogens with zero attached hydrogens (tertiary/aromatic N) is 2. The summed E-state index contributed by atoms with van der Waals surface area (Å²) >= 11 is 0. The van der Waals surface area contributed by atoms with Gasteiger partial charge in [-0.2, -0.15) is 0 Å². The highest BCUT2D eigenvalue weighted by molar-refractivity contribution is 6.13. The van der Waals surface area contributed by atoms with E-state index in [2.05, 4.69) is 67.4 Å². The van der Waals surface area contributed by atoms with E-state index in [4.69, 9.17) is 4.99 Å². The molecule has 0 fully saturated rings. The molecular formula is C17H16N2. The first-order valence-corrected chi connectivity index (χ1v) is 6.75. The Labute approximate surface area is 113 Å². The molecule has 2 heteroatoms. The van der Waals surface area contributed by atoms with Crippen molar-refractivity contribution in [1.82, 2.24) is 4.90 Å². The predicted octanol–water partition coefficient (Wildman–Crippen LogP) is 3.49. The molecule has 0 N–H and O–H groups in total. The van der Waals surface area contributed by atoms with E-state index >= 15 is 0 Å². The zero-order valence-electron chi connectivity index (χ0n) is 11.2. The molecule has 0 bridgehead atoms. The highest BCUT2D eigenvalue weighted by atomic mass is 15.3. The van der Waals surface area contributed by atoms with Gasteiger partial charge in [0, 0.05) is 5.56 Å². The summed E-state index contributed by atoms with van der Waals surface area (Å²) in [7, 11) is 2.16. The summed E-state index contributed by atoms with van der Waals surface area (Å²) in [5, 5.41) is 0.